The van der Waals surface area contributed by atoms with Crippen molar-refractivity contribution in [3.05, 3.63) is 68.5 Å². The Bertz CT molecular complexity index is 1040. The molecule has 8 heteroatoms. The zero-order valence-electron chi connectivity index (χ0n) is 12.3. The Balaban J connectivity index is 1.67. The average molecular weight is 392 g/mol. The highest BCUT2D eigenvalue weighted by atomic mass is 35.5. The van der Waals surface area contributed by atoms with Crippen molar-refractivity contribution >= 4 is 62.4 Å². The Kier molecular flexibility index (Phi) is 3.76. The van der Waals surface area contributed by atoms with E-state index in [4.69, 9.17) is 28.0 Å². The molecule has 2 aromatic carbocycles. The summed E-state index contributed by atoms with van der Waals surface area (Å²) in [6.07, 6.45) is 0. The first-order valence-corrected chi connectivity index (χ1v) is 8.62. The number of thiophene rings is 1. The van der Waals surface area contributed by atoms with Crippen LogP contribution in [-0.4, -0.2) is 22.8 Å². The van der Waals surface area contributed by atoms with Gasteiger partial charge in [0.1, 0.15) is 4.88 Å². The molecule has 2 amide bonds. The normalized spacial score (nSPS) is 13.4. The third-order valence-electron chi connectivity index (χ3n) is 3.71. The third kappa shape index (κ3) is 2.50. The summed E-state index contributed by atoms with van der Waals surface area (Å²) in [7, 11) is 0. The minimum absolute atomic E-state index is 0.0930. The summed E-state index contributed by atoms with van der Waals surface area (Å²) in [6, 6.07) is 11.3. The van der Waals surface area contributed by atoms with Gasteiger partial charge in [0.25, 0.3) is 11.8 Å². The minimum atomic E-state index is -0.878. The number of rotatable bonds is 2. The summed E-state index contributed by atoms with van der Waals surface area (Å²) in [4.78, 5) is 42.1. The molecule has 0 bridgehead atoms. The van der Waals surface area contributed by atoms with Crippen LogP contribution in [0.2, 0.25) is 10.0 Å². The van der Waals surface area contributed by atoms with Crippen LogP contribution in [0.25, 0.3) is 10.1 Å². The molecule has 5 nitrogen and oxygen atoms in total. The molecule has 2 heterocycles. The second-order valence-corrected chi connectivity index (χ2v) is 7.08. The Morgan fingerprint density at radius 1 is 1.00 bits per heavy atom. The molecule has 0 spiro atoms. The van der Waals surface area contributed by atoms with Gasteiger partial charge in [0.05, 0.1) is 16.1 Å². The number of hydrogen-bond donors (Lipinski definition) is 0. The van der Waals surface area contributed by atoms with E-state index in [9.17, 15) is 14.4 Å². The van der Waals surface area contributed by atoms with Crippen LogP contribution in [0, 0.1) is 0 Å². The molecule has 0 fully saturated rings. The van der Waals surface area contributed by atoms with E-state index < -0.39 is 17.8 Å². The largest absolute Gasteiger partial charge is 0.375 e. The monoisotopic (exact) mass is 391 g/mol. The Morgan fingerprint density at radius 2 is 1.64 bits per heavy atom. The standard InChI is InChI=1S/C17H7Cl2NO4S/c18-8-5-6-11-12(7-8)25-14(13(11)19)17(23)24-20-15(21)9-3-1-2-4-10(9)16(20)22/h1-7H. The number of carbonyl (C=O) groups is 3. The van der Waals surface area contributed by atoms with Gasteiger partial charge in [-0.3, -0.25) is 9.59 Å². The highest BCUT2D eigenvalue weighted by molar-refractivity contribution is 7.21. The second-order valence-electron chi connectivity index (χ2n) is 5.21. The zero-order chi connectivity index (χ0) is 17.7. The molecular formula is C17H7Cl2NO4S. The van der Waals surface area contributed by atoms with Crippen LogP contribution < -0.4 is 0 Å². The quantitative estimate of drug-likeness (QED) is 0.599. The predicted octanol–water partition coefficient (Wildman–Crippen LogP) is 4.58. The van der Waals surface area contributed by atoms with E-state index in [1.807, 2.05) is 0 Å². The lowest BCUT2D eigenvalue weighted by Crippen LogP contribution is -2.32. The highest BCUT2D eigenvalue weighted by Crippen LogP contribution is 2.37. The summed E-state index contributed by atoms with van der Waals surface area (Å²) in [5.41, 5.74) is 0.379. The predicted molar refractivity (Wildman–Crippen MR) is 94.2 cm³/mol. The number of fused-ring (bicyclic) bond motifs is 2. The van der Waals surface area contributed by atoms with Crippen molar-refractivity contribution in [3.63, 3.8) is 0 Å². The van der Waals surface area contributed by atoms with Gasteiger partial charge in [-0.15, -0.1) is 11.3 Å². The molecule has 25 heavy (non-hydrogen) atoms. The summed E-state index contributed by atoms with van der Waals surface area (Å²) < 4.78 is 0.701. The molecule has 1 aliphatic rings. The van der Waals surface area contributed by atoms with E-state index in [2.05, 4.69) is 0 Å². The molecule has 0 aliphatic carbocycles. The van der Waals surface area contributed by atoms with E-state index >= 15 is 0 Å². The van der Waals surface area contributed by atoms with Gasteiger partial charge >= 0.3 is 5.97 Å². The van der Waals surface area contributed by atoms with Crippen molar-refractivity contribution < 1.29 is 19.2 Å². The molecule has 1 aliphatic heterocycles. The van der Waals surface area contributed by atoms with E-state index in [0.29, 0.717) is 20.2 Å². The van der Waals surface area contributed by atoms with Crippen molar-refractivity contribution in [2.45, 2.75) is 0 Å². The van der Waals surface area contributed by atoms with Gasteiger partial charge in [0.2, 0.25) is 0 Å². The number of amides is 2. The van der Waals surface area contributed by atoms with Crippen LogP contribution in [0.5, 0.6) is 0 Å². The van der Waals surface area contributed by atoms with Crippen LogP contribution >= 0.6 is 34.5 Å². The highest BCUT2D eigenvalue weighted by Gasteiger charge is 2.39. The molecule has 0 atom stereocenters. The summed E-state index contributed by atoms with van der Waals surface area (Å²) >= 11 is 13.2. The molecule has 1 aromatic heterocycles. The van der Waals surface area contributed by atoms with E-state index in [1.165, 1.54) is 12.1 Å². The Labute approximate surface area is 155 Å². The topological polar surface area (TPSA) is 63.7 Å². The lowest BCUT2D eigenvalue weighted by Gasteiger charge is -2.11. The van der Waals surface area contributed by atoms with Crippen molar-refractivity contribution in [2.24, 2.45) is 0 Å². The minimum Gasteiger partial charge on any atom is -0.323 e. The van der Waals surface area contributed by atoms with Crippen molar-refractivity contribution in [3.8, 4) is 0 Å². The van der Waals surface area contributed by atoms with Gasteiger partial charge in [0.15, 0.2) is 0 Å². The van der Waals surface area contributed by atoms with Gasteiger partial charge in [-0.25, -0.2) is 4.79 Å². The smallest absolute Gasteiger partial charge is 0.323 e. The van der Waals surface area contributed by atoms with Crippen LogP contribution in [0.15, 0.2) is 42.5 Å². The number of halogens is 2. The maximum Gasteiger partial charge on any atom is 0.375 e. The number of carbonyl (C=O) groups excluding carboxylic acids is 3. The summed E-state index contributed by atoms with van der Waals surface area (Å²) in [5, 5.41) is 1.80. The van der Waals surface area contributed by atoms with Crippen LogP contribution in [0.3, 0.4) is 0 Å². The Morgan fingerprint density at radius 3 is 2.28 bits per heavy atom. The molecule has 0 saturated carbocycles. The van der Waals surface area contributed by atoms with Gasteiger partial charge < -0.3 is 4.84 Å². The fourth-order valence-corrected chi connectivity index (χ4v) is 4.20. The van der Waals surface area contributed by atoms with Crippen LogP contribution in [0.1, 0.15) is 30.4 Å². The molecule has 3 aromatic rings. The molecule has 0 radical (unpaired) electrons. The van der Waals surface area contributed by atoms with Crippen molar-refractivity contribution in [1.29, 1.82) is 0 Å². The average Bonchev–Trinajstić information content (AvgIpc) is 3.05. The van der Waals surface area contributed by atoms with Gasteiger partial charge in [0, 0.05) is 15.1 Å². The maximum absolute atomic E-state index is 12.4. The number of benzene rings is 2. The Hall–Kier alpha value is -2.41. The maximum atomic E-state index is 12.4. The summed E-state index contributed by atoms with van der Waals surface area (Å²) in [6.45, 7) is 0. The molecule has 4 rings (SSSR count). The van der Waals surface area contributed by atoms with Crippen molar-refractivity contribution in [1.82, 2.24) is 5.06 Å². The second kappa shape index (κ2) is 5.84. The van der Waals surface area contributed by atoms with Crippen LogP contribution in [0.4, 0.5) is 0 Å². The number of hydroxylamine groups is 2. The van der Waals surface area contributed by atoms with Gasteiger partial charge in [-0.05, 0) is 24.3 Å². The van der Waals surface area contributed by atoms with E-state index in [1.54, 1.807) is 30.3 Å². The third-order valence-corrected chi connectivity index (χ3v) is 5.58. The molecule has 0 saturated heterocycles. The molecular weight excluding hydrogens is 385 g/mol. The fourth-order valence-electron chi connectivity index (χ4n) is 2.54. The molecule has 124 valence electrons. The molecule has 0 N–H and O–H groups in total. The first-order valence-electron chi connectivity index (χ1n) is 7.05. The summed E-state index contributed by atoms with van der Waals surface area (Å²) in [5.74, 6) is -2.25. The van der Waals surface area contributed by atoms with E-state index in [-0.39, 0.29) is 21.0 Å². The first-order chi connectivity index (χ1) is 12.0. The van der Waals surface area contributed by atoms with Gasteiger partial charge in [-0.1, -0.05) is 46.5 Å². The van der Waals surface area contributed by atoms with Gasteiger partial charge in [-0.2, -0.15) is 0 Å². The molecule has 0 unspecified atom stereocenters. The van der Waals surface area contributed by atoms with Crippen molar-refractivity contribution in [2.75, 3.05) is 0 Å². The SMILES string of the molecule is O=C(ON1C(=O)c2ccccc2C1=O)c1sc2cc(Cl)ccc2c1Cl. The lowest BCUT2D eigenvalue weighted by molar-refractivity contribution is -0.0581. The number of nitrogens with zero attached hydrogens (tertiary/aromatic N) is 1. The first kappa shape index (κ1) is 16.1. The number of hydrogen-bond acceptors (Lipinski definition) is 5. The van der Waals surface area contributed by atoms with E-state index in [0.717, 1.165) is 11.3 Å². The fraction of sp³-hybridized carbons (Fsp3) is 0. The number of imide groups is 1. The zero-order valence-corrected chi connectivity index (χ0v) is 14.6. The van der Waals surface area contributed by atoms with Crippen LogP contribution in [-0.2, 0) is 4.84 Å². The lowest BCUT2D eigenvalue weighted by atomic mass is 10.1.